The normalized spacial score (nSPS) is 24.6. The van der Waals surface area contributed by atoms with E-state index in [2.05, 4.69) is 32.4 Å². The molecule has 2 aromatic rings. The average molecular weight is 379 g/mol. The molecule has 0 unspecified atom stereocenters. The quantitative estimate of drug-likeness (QED) is 0.848. The number of aryl methyl sites for hydroxylation is 1. The molecule has 4 rings (SSSR count). The highest BCUT2D eigenvalue weighted by Crippen LogP contribution is 2.32. The summed E-state index contributed by atoms with van der Waals surface area (Å²) >= 11 is 0. The van der Waals surface area contributed by atoms with E-state index in [-0.39, 0.29) is 17.7 Å². The molecule has 2 aliphatic rings. The smallest absolute Gasteiger partial charge is 0.253 e. The van der Waals surface area contributed by atoms with E-state index < -0.39 is 5.54 Å². The zero-order valence-corrected chi connectivity index (χ0v) is 16.2. The third kappa shape index (κ3) is 3.49. The van der Waals surface area contributed by atoms with Crippen molar-refractivity contribution in [2.24, 2.45) is 5.92 Å². The Kier molecular flexibility index (Phi) is 4.85. The van der Waals surface area contributed by atoms with Crippen molar-refractivity contribution in [3.8, 4) is 0 Å². The molecule has 0 bridgehead atoms. The van der Waals surface area contributed by atoms with Crippen molar-refractivity contribution in [1.82, 2.24) is 20.2 Å². The number of nitrogens with one attached hydrogen (secondary N) is 2. The summed E-state index contributed by atoms with van der Waals surface area (Å²) in [6.45, 7) is 5.86. The Hall–Kier alpha value is -2.80. The number of benzene rings is 1. The molecule has 0 saturated carbocycles. The number of para-hydroxylation sites is 1. The first-order valence-electron chi connectivity index (χ1n) is 9.73. The Morgan fingerprint density at radius 3 is 2.71 bits per heavy atom. The summed E-state index contributed by atoms with van der Waals surface area (Å²) < 4.78 is 0. The molecule has 2 atom stereocenters. The minimum atomic E-state index is -0.627. The molecular weight excluding hydrogens is 354 g/mol. The number of carbonyl (C=O) groups is 2. The van der Waals surface area contributed by atoms with Gasteiger partial charge in [-0.1, -0.05) is 19.1 Å². The van der Waals surface area contributed by atoms with Gasteiger partial charge < -0.3 is 10.6 Å². The molecule has 2 amide bonds. The first kappa shape index (κ1) is 18.6. The molecule has 0 aliphatic carbocycles. The maximum Gasteiger partial charge on any atom is 0.253 e. The number of amides is 2. The Labute approximate surface area is 164 Å². The fourth-order valence-corrected chi connectivity index (χ4v) is 4.13. The summed E-state index contributed by atoms with van der Waals surface area (Å²) in [6, 6.07) is 7.11. The van der Waals surface area contributed by atoms with Crippen molar-refractivity contribution in [3.63, 3.8) is 0 Å². The van der Waals surface area contributed by atoms with E-state index in [1.165, 1.54) is 0 Å². The summed E-state index contributed by atoms with van der Waals surface area (Å²) in [5.41, 5.74) is 1.43. The number of hydrogen-bond donors (Lipinski definition) is 2. The maximum absolute atomic E-state index is 12.9. The SMILES string of the molecule is CCCc1ncc(CN2C[C@H]3C(=O)Nc4ccccc4C(=O)N[C@@]3(C)C2)cn1. The number of fused-ring (bicyclic) bond motifs is 2. The van der Waals surface area contributed by atoms with Gasteiger partial charge in [0.05, 0.1) is 22.7 Å². The largest absolute Gasteiger partial charge is 0.345 e. The number of carbonyl (C=O) groups excluding carboxylic acids is 2. The average Bonchev–Trinajstić information content (AvgIpc) is 2.98. The molecule has 2 aliphatic heterocycles. The first-order valence-corrected chi connectivity index (χ1v) is 9.73. The summed E-state index contributed by atoms with van der Waals surface area (Å²) in [7, 11) is 0. The number of likely N-dealkylation sites (tertiary alicyclic amines) is 1. The second kappa shape index (κ2) is 7.31. The molecule has 3 heterocycles. The van der Waals surface area contributed by atoms with Crippen LogP contribution in [0.25, 0.3) is 0 Å². The number of aromatic nitrogens is 2. The van der Waals surface area contributed by atoms with Crippen LogP contribution in [0.15, 0.2) is 36.7 Å². The van der Waals surface area contributed by atoms with Gasteiger partial charge >= 0.3 is 0 Å². The van der Waals surface area contributed by atoms with Crippen LogP contribution in [0.3, 0.4) is 0 Å². The highest BCUT2D eigenvalue weighted by atomic mass is 16.2. The summed E-state index contributed by atoms with van der Waals surface area (Å²) in [5, 5.41) is 6.06. The highest BCUT2D eigenvalue weighted by molar-refractivity contribution is 6.06. The Morgan fingerprint density at radius 2 is 1.96 bits per heavy atom. The zero-order valence-electron chi connectivity index (χ0n) is 16.2. The predicted octanol–water partition coefficient (Wildman–Crippen LogP) is 2.00. The lowest BCUT2D eigenvalue weighted by atomic mass is 9.86. The molecule has 7 heteroatoms. The molecule has 28 heavy (non-hydrogen) atoms. The van der Waals surface area contributed by atoms with Crippen molar-refractivity contribution in [2.75, 3.05) is 18.4 Å². The molecular formula is C21H25N5O2. The van der Waals surface area contributed by atoms with E-state index >= 15 is 0 Å². The zero-order chi connectivity index (χ0) is 19.7. The number of rotatable bonds is 4. The highest BCUT2D eigenvalue weighted by Gasteiger charge is 2.49. The van der Waals surface area contributed by atoms with Gasteiger partial charge in [0, 0.05) is 44.0 Å². The number of hydrogen-bond acceptors (Lipinski definition) is 5. The molecule has 0 spiro atoms. The van der Waals surface area contributed by atoms with Crippen molar-refractivity contribution in [3.05, 3.63) is 53.6 Å². The molecule has 7 nitrogen and oxygen atoms in total. The van der Waals surface area contributed by atoms with Gasteiger partial charge in [-0.25, -0.2) is 9.97 Å². The van der Waals surface area contributed by atoms with E-state index in [0.717, 1.165) is 24.2 Å². The van der Waals surface area contributed by atoms with Crippen LogP contribution in [-0.4, -0.2) is 45.3 Å². The van der Waals surface area contributed by atoms with Crippen LogP contribution in [0.1, 0.15) is 42.0 Å². The van der Waals surface area contributed by atoms with E-state index in [1.54, 1.807) is 18.2 Å². The lowest BCUT2D eigenvalue weighted by Crippen LogP contribution is -2.56. The molecule has 1 saturated heterocycles. The summed E-state index contributed by atoms with van der Waals surface area (Å²) in [5.74, 6) is 0.306. The van der Waals surface area contributed by atoms with Crippen molar-refractivity contribution >= 4 is 17.5 Å². The van der Waals surface area contributed by atoms with Crippen LogP contribution in [-0.2, 0) is 17.8 Å². The van der Waals surface area contributed by atoms with Crippen molar-refractivity contribution < 1.29 is 9.59 Å². The molecule has 1 aromatic carbocycles. The first-order chi connectivity index (χ1) is 13.5. The predicted molar refractivity (Wildman–Crippen MR) is 106 cm³/mol. The van der Waals surface area contributed by atoms with Gasteiger partial charge in [-0.05, 0) is 25.5 Å². The molecule has 1 fully saturated rings. The van der Waals surface area contributed by atoms with Crippen molar-refractivity contribution in [2.45, 2.75) is 38.8 Å². The minimum absolute atomic E-state index is 0.0630. The lowest BCUT2D eigenvalue weighted by Gasteiger charge is -2.33. The second-order valence-electron chi connectivity index (χ2n) is 7.89. The van der Waals surface area contributed by atoms with Crippen LogP contribution in [0, 0.1) is 5.92 Å². The van der Waals surface area contributed by atoms with Gasteiger partial charge in [-0.15, -0.1) is 0 Å². The van der Waals surface area contributed by atoms with Crippen molar-refractivity contribution in [1.29, 1.82) is 0 Å². The lowest BCUT2D eigenvalue weighted by molar-refractivity contribution is -0.121. The number of anilines is 1. The second-order valence-corrected chi connectivity index (χ2v) is 7.89. The molecule has 146 valence electrons. The van der Waals surface area contributed by atoms with Gasteiger partial charge in [-0.3, -0.25) is 14.5 Å². The van der Waals surface area contributed by atoms with Gasteiger partial charge in [0.15, 0.2) is 0 Å². The van der Waals surface area contributed by atoms with Gasteiger partial charge in [-0.2, -0.15) is 0 Å². The maximum atomic E-state index is 12.9. The van der Waals surface area contributed by atoms with Gasteiger partial charge in [0.2, 0.25) is 5.91 Å². The Bertz CT molecular complexity index is 898. The minimum Gasteiger partial charge on any atom is -0.345 e. The van der Waals surface area contributed by atoms with Crippen LogP contribution in [0.5, 0.6) is 0 Å². The molecule has 0 radical (unpaired) electrons. The van der Waals surface area contributed by atoms with Crippen LogP contribution >= 0.6 is 0 Å². The Morgan fingerprint density at radius 1 is 1.21 bits per heavy atom. The number of nitrogens with zero attached hydrogens (tertiary/aromatic N) is 3. The van der Waals surface area contributed by atoms with E-state index in [4.69, 9.17) is 0 Å². The monoisotopic (exact) mass is 379 g/mol. The third-order valence-electron chi connectivity index (χ3n) is 5.55. The van der Waals surface area contributed by atoms with Crippen LogP contribution in [0.2, 0.25) is 0 Å². The van der Waals surface area contributed by atoms with Crippen LogP contribution < -0.4 is 10.6 Å². The summed E-state index contributed by atoms with van der Waals surface area (Å²) in [4.78, 5) is 36.7. The summed E-state index contributed by atoms with van der Waals surface area (Å²) in [6.07, 6.45) is 5.60. The fourth-order valence-electron chi connectivity index (χ4n) is 4.13. The molecule has 1 aromatic heterocycles. The van der Waals surface area contributed by atoms with Crippen LogP contribution in [0.4, 0.5) is 5.69 Å². The van der Waals surface area contributed by atoms with E-state index in [9.17, 15) is 9.59 Å². The Balaban J connectivity index is 1.53. The van der Waals surface area contributed by atoms with Gasteiger partial charge in [0.25, 0.3) is 5.91 Å². The van der Waals surface area contributed by atoms with Gasteiger partial charge in [0.1, 0.15) is 5.82 Å². The van der Waals surface area contributed by atoms with E-state index in [0.29, 0.717) is 30.9 Å². The third-order valence-corrected chi connectivity index (χ3v) is 5.55. The topological polar surface area (TPSA) is 87.2 Å². The fraction of sp³-hybridized carbons (Fsp3) is 0.429. The van der Waals surface area contributed by atoms with E-state index in [1.807, 2.05) is 25.4 Å². The standard InChI is InChI=1S/C21H25N5O2/c1-3-6-18-22-9-14(10-23-18)11-26-12-16-20(28)24-17-8-5-4-7-15(17)19(27)25-21(16,2)13-26/h4-5,7-10,16H,3,6,11-13H2,1-2H3,(H,24,28)(H,25,27)/t16-,21-/m0/s1. The molecule has 2 N–H and O–H groups in total.